The Labute approximate surface area is 82.1 Å². The van der Waals surface area contributed by atoms with E-state index in [4.69, 9.17) is 4.74 Å². The second-order valence-corrected chi connectivity index (χ2v) is 2.91. The van der Waals surface area contributed by atoms with Gasteiger partial charge in [0.1, 0.15) is 6.73 Å². The van der Waals surface area contributed by atoms with Crippen molar-refractivity contribution in [3.63, 3.8) is 0 Å². The fourth-order valence-corrected chi connectivity index (χ4v) is 1.13. The molecule has 0 atom stereocenters. The molecule has 1 aromatic carbocycles. The lowest BCUT2D eigenvalue weighted by Gasteiger charge is -2.03. The minimum Gasteiger partial charge on any atom is -0.355 e. The molecule has 14 heavy (non-hydrogen) atoms. The summed E-state index contributed by atoms with van der Waals surface area (Å²) in [4.78, 5) is 0. The largest absolute Gasteiger partial charge is 0.355 e. The topological polar surface area (TPSA) is 39.9 Å². The molecule has 1 heterocycles. The third kappa shape index (κ3) is 2.40. The van der Waals surface area contributed by atoms with Crippen molar-refractivity contribution in [3.05, 3.63) is 48.3 Å². The Morgan fingerprint density at radius 3 is 2.79 bits per heavy atom. The highest BCUT2D eigenvalue weighted by Crippen LogP contribution is 2.00. The monoisotopic (exact) mass is 189 g/mol. The first kappa shape index (κ1) is 8.90. The molecular formula is C10H11N3O. The highest BCUT2D eigenvalue weighted by Gasteiger charge is 1.92. The van der Waals surface area contributed by atoms with Gasteiger partial charge in [0.25, 0.3) is 0 Å². The first-order valence-electron chi connectivity index (χ1n) is 4.41. The highest BCUT2D eigenvalue weighted by atomic mass is 16.5. The van der Waals surface area contributed by atoms with E-state index in [0.29, 0.717) is 13.3 Å². The molecule has 0 amide bonds. The van der Waals surface area contributed by atoms with E-state index in [1.807, 2.05) is 30.3 Å². The Balaban J connectivity index is 1.79. The van der Waals surface area contributed by atoms with Crippen molar-refractivity contribution in [2.75, 3.05) is 0 Å². The minimum absolute atomic E-state index is 0.439. The zero-order valence-electron chi connectivity index (χ0n) is 7.71. The molecule has 1 aromatic heterocycles. The van der Waals surface area contributed by atoms with E-state index in [0.717, 1.165) is 5.56 Å². The SMILES string of the molecule is c1ccc(COCn2ccnn2)cc1. The average molecular weight is 189 g/mol. The van der Waals surface area contributed by atoms with Crippen molar-refractivity contribution >= 4 is 0 Å². The van der Waals surface area contributed by atoms with Crippen LogP contribution in [0.1, 0.15) is 5.56 Å². The van der Waals surface area contributed by atoms with Crippen LogP contribution < -0.4 is 0 Å². The highest BCUT2D eigenvalue weighted by molar-refractivity contribution is 5.13. The summed E-state index contributed by atoms with van der Waals surface area (Å²) < 4.78 is 7.07. The third-order valence-corrected chi connectivity index (χ3v) is 1.81. The molecule has 0 aliphatic carbocycles. The summed E-state index contributed by atoms with van der Waals surface area (Å²) >= 11 is 0. The standard InChI is InChI=1S/C10H11N3O/c1-2-4-10(5-3-1)8-14-9-13-7-6-11-12-13/h1-7H,8-9H2. The van der Waals surface area contributed by atoms with E-state index < -0.39 is 0 Å². The van der Waals surface area contributed by atoms with E-state index >= 15 is 0 Å². The van der Waals surface area contributed by atoms with Gasteiger partial charge < -0.3 is 4.74 Å². The fraction of sp³-hybridized carbons (Fsp3) is 0.200. The van der Waals surface area contributed by atoms with Gasteiger partial charge in [0, 0.05) is 6.20 Å². The molecule has 0 fully saturated rings. The molecule has 4 heteroatoms. The van der Waals surface area contributed by atoms with Gasteiger partial charge in [0.05, 0.1) is 12.8 Å². The van der Waals surface area contributed by atoms with Crippen LogP contribution in [0.25, 0.3) is 0 Å². The van der Waals surface area contributed by atoms with Gasteiger partial charge in [-0.25, -0.2) is 4.68 Å². The predicted octanol–water partition coefficient (Wildman–Crippen LogP) is 1.45. The van der Waals surface area contributed by atoms with Gasteiger partial charge >= 0.3 is 0 Å². The van der Waals surface area contributed by atoms with E-state index in [-0.39, 0.29) is 0 Å². The van der Waals surface area contributed by atoms with Crippen molar-refractivity contribution in [1.82, 2.24) is 15.0 Å². The van der Waals surface area contributed by atoms with Crippen molar-refractivity contribution in [2.45, 2.75) is 13.3 Å². The first-order chi connectivity index (χ1) is 6.95. The molecule has 2 aromatic rings. The van der Waals surface area contributed by atoms with Crippen LogP contribution in [-0.4, -0.2) is 15.0 Å². The van der Waals surface area contributed by atoms with Crippen molar-refractivity contribution in [1.29, 1.82) is 0 Å². The van der Waals surface area contributed by atoms with Crippen molar-refractivity contribution in [2.24, 2.45) is 0 Å². The maximum Gasteiger partial charge on any atom is 0.141 e. The number of hydrogen-bond acceptors (Lipinski definition) is 3. The van der Waals surface area contributed by atoms with Crippen LogP contribution in [0.15, 0.2) is 42.7 Å². The normalized spacial score (nSPS) is 10.3. The molecule has 0 saturated heterocycles. The Morgan fingerprint density at radius 2 is 2.07 bits per heavy atom. The smallest absolute Gasteiger partial charge is 0.141 e. The molecule has 0 N–H and O–H groups in total. The molecule has 0 unspecified atom stereocenters. The lowest BCUT2D eigenvalue weighted by Crippen LogP contribution is -2.03. The summed E-state index contributed by atoms with van der Waals surface area (Å²) in [6.07, 6.45) is 3.40. The summed E-state index contributed by atoms with van der Waals surface area (Å²) in [6, 6.07) is 10.0. The van der Waals surface area contributed by atoms with Crippen LogP contribution >= 0.6 is 0 Å². The van der Waals surface area contributed by atoms with Gasteiger partial charge in [0.2, 0.25) is 0 Å². The molecule has 72 valence electrons. The zero-order valence-corrected chi connectivity index (χ0v) is 7.71. The van der Waals surface area contributed by atoms with Gasteiger partial charge in [-0.2, -0.15) is 0 Å². The number of ether oxygens (including phenoxy) is 1. The minimum atomic E-state index is 0.439. The lowest BCUT2D eigenvalue weighted by atomic mass is 10.2. The van der Waals surface area contributed by atoms with Crippen LogP contribution in [0.3, 0.4) is 0 Å². The maximum absolute atomic E-state index is 5.42. The number of hydrogen-bond donors (Lipinski definition) is 0. The van der Waals surface area contributed by atoms with Crippen LogP contribution in [0.4, 0.5) is 0 Å². The van der Waals surface area contributed by atoms with Crippen LogP contribution in [0.5, 0.6) is 0 Å². The first-order valence-corrected chi connectivity index (χ1v) is 4.41. The summed E-state index contributed by atoms with van der Waals surface area (Å²) in [7, 11) is 0. The fourth-order valence-electron chi connectivity index (χ4n) is 1.13. The molecule has 0 saturated carbocycles. The zero-order chi connectivity index (χ0) is 9.64. The van der Waals surface area contributed by atoms with Crippen LogP contribution in [-0.2, 0) is 18.1 Å². The van der Waals surface area contributed by atoms with E-state index in [1.54, 1.807) is 17.1 Å². The average Bonchev–Trinajstić information content (AvgIpc) is 2.72. The van der Waals surface area contributed by atoms with Gasteiger partial charge in [0.15, 0.2) is 0 Å². The van der Waals surface area contributed by atoms with Gasteiger partial charge in [-0.1, -0.05) is 35.5 Å². The predicted molar refractivity (Wildman–Crippen MR) is 51.3 cm³/mol. The number of aromatic nitrogens is 3. The Kier molecular flexibility index (Phi) is 2.88. The summed E-state index contributed by atoms with van der Waals surface area (Å²) in [5.41, 5.74) is 1.16. The third-order valence-electron chi connectivity index (χ3n) is 1.81. The van der Waals surface area contributed by atoms with Crippen LogP contribution in [0.2, 0.25) is 0 Å². The van der Waals surface area contributed by atoms with Gasteiger partial charge in [-0.15, -0.1) is 5.10 Å². The second-order valence-electron chi connectivity index (χ2n) is 2.91. The molecule has 0 bridgehead atoms. The Hall–Kier alpha value is -1.68. The number of rotatable bonds is 4. The summed E-state index contributed by atoms with van der Waals surface area (Å²) in [5, 5.41) is 7.47. The second kappa shape index (κ2) is 4.53. The molecule has 2 rings (SSSR count). The number of benzene rings is 1. The molecule has 0 aliphatic heterocycles. The van der Waals surface area contributed by atoms with E-state index in [1.165, 1.54) is 0 Å². The number of nitrogens with zero attached hydrogens (tertiary/aromatic N) is 3. The summed E-state index contributed by atoms with van der Waals surface area (Å²) in [6.45, 7) is 1.04. The lowest BCUT2D eigenvalue weighted by molar-refractivity contribution is 0.0549. The molecular weight excluding hydrogens is 178 g/mol. The molecule has 0 radical (unpaired) electrons. The van der Waals surface area contributed by atoms with Gasteiger partial charge in [-0.05, 0) is 5.56 Å². The summed E-state index contributed by atoms with van der Waals surface area (Å²) in [5.74, 6) is 0. The van der Waals surface area contributed by atoms with Crippen molar-refractivity contribution < 1.29 is 4.74 Å². The maximum atomic E-state index is 5.42. The quantitative estimate of drug-likeness (QED) is 0.730. The van der Waals surface area contributed by atoms with E-state index in [9.17, 15) is 0 Å². The molecule has 0 aliphatic rings. The molecule has 4 nitrogen and oxygen atoms in total. The van der Waals surface area contributed by atoms with Crippen molar-refractivity contribution in [3.8, 4) is 0 Å². The molecule has 0 spiro atoms. The van der Waals surface area contributed by atoms with E-state index in [2.05, 4.69) is 10.3 Å². The van der Waals surface area contributed by atoms with Gasteiger partial charge in [-0.3, -0.25) is 0 Å². The Morgan fingerprint density at radius 1 is 1.21 bits per heavy atom. The van der Waals surface area contributed by atoms with Crippen LogP contribution in [0, 0.1) is 0 Å². The Bertz CT molecular complexity index is 358.